The van der Waals surface area contributed by atoms with Gasteiger partial charge in [0.1, 0.15) is 0 Å². The highest BCUT2D eigenvalue weighted by atomic mass is 35.5. The van der Waals surface area contributed by atoms with E-state index in [0.717, 1.165) is 37.9 Å². The Balaban J connectivity index is 1.79. The maximum atomic E-state index is 13.0. The van der Waals surface area contributed by atoms with Crippen LogP contribution in [-0.2, 0) is 4.79 Å². The average molecular weight is 306 g/mol. The third-order valence-corrected chi connectivity index (χ3v) is 4.89. The van der Waals surface area contributed by atoms with E-state index in [0.29, 0.717) is 0 Å². The molecule has 4 nitrogen and oxygen atoms in total. The summed E-state index contributed by atoms with van der Waals surface area (Å²) in [5, 5.41) is 6.02. The summed E-state index contributed by atoms with van der Waals surface area (Å²) in [5.41, 5.74) is 0.779. The molecule has 112 valence electrons. The zero-order valence-electron chi connectivity index (χ0n) is 12.2. The van der Waals surface area contributed by atoms with Crippen molar-refractivity contribution in [3.8, 4) is 0 Å². The van der Waals surface area contributed by atoms with Crippen molar-refractivity contribution < 1.29 is 4.79 Å². The fourth-order valence-electron chi connectivity index (χ4n) is 3.03. The molecular formula is C16H20ClN3O. The molecule has 21 heavy (non-hydrogen) atoms. The highest BCUT2D eigenvalue weighted by Gasteiger charge is 2.42. The maximum Gasteiger partial charge on any atom is 0.249 e. The smallest absolute Gasteiger partial charge is 0.249 e. The van der Waals surface area contributed by atoms with Gasteiger partial charge in [-0.05, 0) is 30.2 Å². The Morgan fingerprint density at radius 1 is 1.29 bits per heavy atom. The molecule has 1 fully saturated rings. The number of piperidine rings is 1. The number of hydrogen-bond acceptors (Lipinski definition) is 3. The van der Waals surface area contributed by atoms with Crippen molar-refractivity contribution in [2.75, 3.05) is 13.1 Å². The Bertz CT molecular complexity index is 538. The molecule has 3 rings (SSSR count). The number of carbonyl (C=O) groups excluding carboxylic acids is 1. The van der Waals surface area contributed by atoms with E-state index < -0.39 is 0 Å². The average Bonchev–Trinajstić information content (AvgIpc) is 3.00. The Morgan fingerprint density at radius 2 is 1.95 bits per heavy atom. The molecule has 2 aliphatic rings. The number of benzene rings is 1. The predicted octanol–water partition coefficient (Wildman–Crippen LogP) is 3.20. The molecule has 1 unspecified atom stereocenters. The van der Waals surface area contributed by atoms with Gasteiger partial charge in [-0.1, -0.05) is 37.3 Å². The molecule has 1 atom stereocenters. The van der Waals surface area contributed by atoms with Gasteiger partial charge in [-0.3, -0.25) is 4.79 Å². The third kappa shape index (κ3) is 2.83. The van der Waals surface area contributed by atoms with Crippen molar-refractivity contribution in [1.29, 1.82) is 0 Å². The van der Waals surface area contributed by atoms with E-state index in [9.17, 15) is 4.79 Å². The van der Waals surface area contributed by atoms with E-state index in [-0.39, 0.29) is 17.4 Å². The molecular weight excluding hydrogens is 286 g/mol. The Labute approximate surface area is 130 Å². The molecule has 2 heterocycles. The van der Waals surface area contributed by atoms with Gasteiger partial charge >= 0.3 is 0 Å². The van der Waals surface area contributed by atoms with E-state index in [1.807, 2.05) is 31.3 Å². The highest BCUT2D eigenvalue weighted by Crippen LogP contribution is 2.38. The van der Waals surface area contributed by atoms with Gasteiger partial charge in [0.15, 0.2) is 0 Å². The first kappa shape index (κ1) is 14.5. The number of nitrogens with zero attached hydrogens (tertiary/aromatic N) is 3. The molecule has 0 spiro atoms. The predicted molar refractivity (Wildman–Crippen MR) is 83.9 cm³/mol. The number of rotatable bonds is 2. The molecule has 5 heteroatoms. The van der Waals surface area contributed by atoms with Crippen LogP contribution in [0.15, 0.2) is 35.4 Å². The van der Waals surface area contributed by atoms with Crippen LogP contribution in [0.3, 0.4) is 0 Å². The van der Waals surface area contributed by atoms with Crippen LogP contribution in [0.4, 0.5) is 0 Å². The number of hydrogen-bond donors (Lipinski definition) is 0. The van der Waals surface area contributed by atoms with Gasteiger partial charge in [-0.25, -0.2) is 9.43 Å². The summed E-state index contributed by atoms with van der Waals surface area (Å²) in [6, 6.07) is 10.1. The lowest BCUT2D eigenvalue weighted by atomic mass is 9.79. The number of hydrazone groups is 1. The van der Waals surface area contributed by atoms with Crippen molar-refractivity contribution in [3.63, 3.8) is 0 Å². The van der Waals surface area contributed by atoms with E-state index >= 15 is 0 Å². The molecule has 0 radical (unpaired) electrons. The summed E-state index contributed by atoms with van der Waals surface area (Å²) >= 11 is 6.01. The zero-order valence-corrected chi connectivity index (χ0v) is 13.0. The van der Waals surface area contributed by atoms with Crippen LogP contribution in [-0.4, -0.2) is 34.6 Å². The second kappa shape index (κ2) is 5.78. The number of halogens is 1. The lowest BCUT2D eigenvalue weighted by Gasteiger charge is -2.38. The maximum absolute atomic E-state index is 13.0. The second-order valence-corrected chi connectivity index (χ2v) is 6.56. The molecule has 0 N–H and O–H groups in total. The van der Waals surface area contributed by atoms with Gasteiger partial charge in [-0.2, -0.15) is 5.10 Å². The van der Waals surface area contributed by atoms with Crippen LogP contribution >= 0.6 is 11.8 Å². The molecule has 1 saturated heterocycles. The minimum Gasteiger partial charge on any atom is -0.272 e. The number of amides is 1. The van der Waals surface area contributed by atoms with E-state index in [1.165, 1.54) is 0 Å². The van der Waals surface area contributed by atoms with E-state index in [4.69, 9.17) is 11.8 Å². The largest absolute Gasteiger partial charge is 0.272 e. The van der Waals surface area contributed by atoms with Crippen molar-refractivity contribution in [2.45, 2.75) is 32.2 Å². The van der Waals surface area contributed by atoms with Gasteiger partial charge in [0.2, 0.25) is 5.91 Å². The first-order chi connectivity index (χ1) is 10.1. The SMILES string of the molecule is CC1(C(=O)N2N=CCC2c2ccccc2)CCN(Cl)CC1. The van der Waals surface area contributed by atoms with Crippen molar-refractivity contribution in [1.82, 2.24) is 9.43 Å². The molecule has 0 bridgehead atoms. The molecule has 0 aliphatic carbocycles. The number of carbonyl (C=O) groups is 1. The Morgan fingerprint density at radius 3 is 2.62 bits per heavy atom. The van der Waals surface area contributed by atoms with Crippen molar-refractivity contribution in [3.05, 3.63) is 35.9 Å². The summed E-state index contributed by atoms with van der Waals surface area (Å²) in [6.45, 7) is 3.53. The normalized spacial score (nSPS) is 25.2. The summed E-state index contributed by atoms with van der Waals surface area (Å²) in [6.07, 6.45) is 4.19. The van der Waals surface area contributed by atoms with Crippen LogP contribution < -0.4 is 0 Å². The summed E-state index contributed by atoms with van der Waals surface area (Å²) in [4.78, 5) is 13.0. The minimum absolute atomic E-state index is 0.0320. The van der Waals surface area contributed by atoms with Gasteiger partial charge in [0.25, 0.3) is 0 Å². The monoisotopic (exact) mass is 305 g/mol. The van der Waals surface area contributed by atoms with Crippen molar-refractivity contribution in [2.24, 2.45) is 10.5 Å². The molecule has 1 amide bonds. The minimum atomic E-state index is -0.361. The fourth-order valence-corrected chi connectivity index (χ4v) is 3.19. The topological polar surface area (TPSA) is 35.9 Å². The third-order valence-electron chi connectivity index (χ3n) is 4.55. The molecule has 1 aromatic rings. The molecule has 0 aromatic heterocycles. The fraction of sp³-hybridized carbons (Fsp3) is 0.500. The second-order valence-electron chi connectivity index (χ2n) is 6.08. The van der Waals surface area contributed by atoms with E-state index in [1.54, 1.807) is 9.43 Å². The van der Waals surface area contributed by atoms with Crippen LogP contribution in [0.2, 0.25) is 0 Å². The lowest BCUT2D eigenvalue weighted by Crippen LogP contribution is -2.45. The quantitative estimate of drug-likeness (QED) is 0.787. The van der Waals surface area contributed by atoms with Gasteiger partial charge < -0.3 is 0 Å². The van der Waals surface area contributed by atoms with Gasteiger partial charge in [0.05, 0.1) is 11.5 Å². The lowest BCUT2D eigenvalue weighted by molar-refractivity contribution is -0.145. The van der Waals surface area contributed by atoms with E-state index in [2.05, 4.69) is 17.2 Å². The molecule has 2 aliphatic heterocycles. The molecule has 1 aromatic carbocycles. The zero-order chi connectivity index (χ0) is 14.9. The van der Waals surface area contributed by atoms with Gasteiger partial charge in [-0.15, -0.1) is 0 Å². The van der Waals surface area contributed by atoms with Crippen molar-refractivity contribution >= 4 is 23.9 Å². The van der Waals surface area contributed by atoms with Crippen LogP contribution in [0.25, 0.3) is 0 Å². The first-order valence-electron chi connectivity index (χ1n) is 7.42. The summed E-state index contributed by atoms with van der Waals surface area (Å²) in [5.74, 6) is 0.120. The highest BCUT2D eigenvalue weighted by molar-refractivity contribution is 6.13. The van der Waals surface area contributed by atoms with Gasteiger partial charge in [0, 0.05) is 25.7 Å². The Hall–Kier alpha value is -1.39. The van der Waals surface area contributed by atoms with Crippen LogP contribution in [0, 0.1) is 5.41 Å². The Kier molecular flexibility index (Phi) is 4.00. The first-order valence-corrected chi connectivity index (χ1v) is 7.76. The summed E-state index contributed by atoms with van der Waals surface area (Å²) < 4.78 is 1.76. The standard InChI is InChI=1S/C16H20ClN3O/c1-16(8-11-19(17)12-9-16)15(21)20-14(7-10-18-20)13-5-3-2-4-6-13/h2-6,10,14H,7-9,11-12H2,1H3. The summed E-state index contributed by atoms with van der Waals surface area (Å²) in [7, 11) is 0. The molecule has 0 saturated carbocycles. The van der Waals surface area contributed by atoms with Crippen LogP contribution in [0.5, 0.6) is 0 Å². The van der Waals surface area contributed by atoms with Crippen LogP contribution in [0.1, 0.15) is 37.8 Å².